The van der Waals surface area contributed by atoms with Crippen molar-refractivity contribution in [2.45, 2.75) is 19.4 Å². The maximum absolute atomic E-state index is 8.66. The van der Waals surface area contributed by atoms with Crippen LogP contribution in [0.1, 0.15) is 24.7 Å². The number of rotatable bonds is 1. The van der Waals surface area contributed by atoms with Gasteiger partial charge in [-0.05, 0) is 12.8 Å². The van der Waals surface area contributed by atoms with Crippen LogP contribution < -0.4 is 11.5 Å². The van der Waals surface area contributed by atoms with E-state index in [9.17, 15) is 0 Å². The highest BCUT2D eigenvalue weighted by molar-refractivity contribution is 5.44. The molecule has 1 atom stereocenters. The number of hydrogen-bond donors (Lipinski definition) is 2. The monoisotopic (exact) mass is 201 g/mol. The Balaban J connectivity index is 2.87. The summed E-state index contributed by atoms with van der Waals surface area (Å²) in [5.41, 5.74) is 11.5. The third-order valence-electron chi connectivity index (χ3n) is 1.55. The van der Waals surface area contributed by atoms with Crippen LogP contribution in [0.15, 0.2) is 6.20 Å². The van der Waals surface area contributed by atoms with Crippen molar-refractivity contribution in [1.82, 2.24) is 9.97 Å². The van der Waals surface area contributed by atoms with Crippen molar-refractivity contribution >= 4 is 5.82 Å². The van der Waals surface area contributed by atoms with E-state index in [0.29, 0.717) is 12.1 Å². The second kappa shape index (κ2) is 4.94. The first-order valence-corrected chi connectivity index (χ1v) is 4.40. The van der Waals surface area contributed by atoms with Crippen LogP contribution >= 0.6 is 0 Å². The van der Waals surface area contributed by atoms with Gasteiger partial charge in [0.1, 0.15) is 11.8 Å². The highest BCUT2D eigenvalue weighted by atomic mass is 14.9. The van der Waals surface area contributed by atoms with Gasteiger partial charge in [0.15, 0.2) is 11.5 Å². The number of nitriles is 1. The van der Waals surface area contributed by atoms with E-state index in [1.54, 1.807) is 0 Å². The summed E-state index contributed by atoms with van der Waals surface area (Å²) in [5, 5.41) is 8.66. The Bertz CT molecular complexity index is 447. The quantitative estimate of drug-likeness (QED) is 0.623. The molecule has 15 heavy (non-hydrogen) atoms. The molecule has 0 saturated carbocycles. The Morgan fingerprint density at radius 2 is 2.33 bits per heavy atom. The standard InChI is InChI=1S/C10H11N5/c1-7(12)3-2-4-8-6-14-10(13)9(5-11)15-8/h6-7H,3,12H2,1H3,(H2,13,14)/t7-/m0/s1. The summed E-state index contributed by atoms with van der Waals surface area (Å²) < 4.78 is 0. The van der Waals surface area contributed by atoms with Gasteiger partial charge in [-0.2, -0.15) is 5.26 Å². The van der Waals surface area contributed by atoms with Crippen molar-refractivity contribution < 1.29 is 0 Å². The molecule has 0 amide bonds. The molecule has 1 aromatic rings. The molecule has 5 heteroatoms. The minimum atomic E-state index is 0.0229. The first-order chi connectivity index (χ1) is 7.13. The summed E-state index contributed by atoms with van der Waals surface area (Å²) in [6.45, 7) is 1.87. The maximum Gasteiger partial charge on any atom is 0.184 e. The van der Waals surface area contributed by atoms with Crippen LogP contribution in [0.25, 0.3) is 0 Å². The molecule has 0 fully saturated rings. The number of anilines is 1. The van der Waals surface area contributed by atoms with Crippen molar-refractivity contribution in [2.24, 2.45) is 5.73 Å². The predicted octanol–water partition coefficient (Wildman–Crippen LogP) is 0.0193. The lowest BCUT2D eigenvalue weighted by Gasteiger charge is -1.96. The molecule has 1 rings (SSSR count). The van der Waals surface area contributed by atoms with E-state index in [-0.39, 0.29) is 17.6 Å². The molecule has 0 saturated heterocycles. The van der Waals surface area contributed by atoms with Crippen LogP contribution in [0.4, 0.5) is 5.82 Å². The Labute approximate surface area is 88.1 Å². The summed E-state index contributed by atoms with van der Waals surface area (Å²) >= 11 is 0. The molecule has 0 spiro atoms. The summed E-state index contributed by atoms with van der Waals surface area (Å²) in [4.78, 5) is 7.73. The number of nitrogens with zero attached hydrogens (tertiary/aromatic N) is 3. The van der Waals surface area contributed by atoms with E-state index >= 15 is 0 Å². The van der Waals surface area contributed by atoms with Crippen molar-refractivity contribution in [3.63, 3.8) is 0 Å². The number of hydrogen-bond acceptors (Lipinski definition) is 5. The minimum absolute atomic E-state index is 0.0229. The molecule has 5 nitrogen and oxygen atoms in total. The lowest BCUT2D eigenvalue weighted by atomic mass is 10.2. The van der Waals surface area contributed by atoms with Gasteiger partial charge in [0.05, 0.1) is 6.20 Å². The summed E-state index contributed by atoms with van der Waals surface area (Å²) in [6.07, 6.45) is 2.01. The van der Waals surface area contributed by atoms with Gasteiger partial charge in [-0.1, -0.05) is 5.92 Å². The van der Waals surface area contributed by atoms with Crippen LogP contribution in [0.5, 0.6) is 0 Å². The van der Waals surface area contributed by atoms with Crippen LogP contribution in [0.2, 0.25) is 0 Å². The molecule has 4 N–H and O–H groups in total. The zero-order chi connectivity index (χ0) is 11.3. The zero-order valence-electron chi connectivity index (χ0n) is 8.36. The molecule has 0 unspecified atom stereocenters. The third-order valence-corrected chi connectivity index (χ3v) is 1.55. The van der Waals surface area contributed by atoms with E-state index in [4.69, 9.17) is 16.7 Å². The molecule has 0 aliphatic rings. The zero-order valence-corrected chi connectivity index (χ0v) is 8.36. The first-order valence-electron chi connectivity index (χ1n) is 4.40. The molecule has 0 aliphatic heterocycles. The van der Waals surface area contributed by atoms with Gasteiger partial charge >= 0.3 is 0 Å². The molecule has 76 valence electrons. The molecular weight excluding hydrogens is 190 g/mol. The predicted molar refractivity (Wildman–Crippen MR) is 56.3 cm³/mol. The van der Waals surface area contributed by atoms with Crippen molar-refractivity contribution in [1.29, 1.82) is 5.26 Å². The van der Waals surface area contributed by atoms with E-state index in [2.05, 4.69) is 21.8 Å². The van der Waals surface area contributed by atoms with Gasteiger partial charge in [-0.15, -0.1) is 0 Å². The normalized spacial score (nSPS) is 11.0. The smallest absolute Gasteiger partial charge is 0.184 e. The van der Waals surface area contributed by atoms with Crippen LogP contribution in [-0.4, -0.2) is 16.0 Å². The van der Waals surface area contributed by atoms with E-state index in [0.717, 1.165) is 0 Å². The topological polar surface area (TPSA) is 102 Å². The minimum Gasteiger partial charge on any atom is -0.381 e. The summed E-state index contributed by atoms with van der Waals surface area (Å²) in [5.74, 6) is 5.73. The Kier molecular flexibility index (Phi) is 3.61. The Morgan fingerprint density at radius 1 is 1.60 bits per heavy atom. The fraction of sp³-hybridized carbons (Fsp3) is 0.300. The molecular formula is C10H11N5. The molecule has 0 radical (unpaired) electrons. The SMILES string of the molecule is C[C@H](N)CC#Cc1cnc(N)c(C#N)n1. The van der Waals surface area contributed by atoms with Crippen molar-refractivity contribution in [3.8, 4) is 17.9 Å². The third kappa shape index (κ3) is 3.26. The van der Waals surface area contributed by atoms with Gasteiger partial charge in [-0.3, -0.25) is 0 Å². The van der Waals surface area contributed by atoms with Crippen LogP contribution in [0, 0.1) is 23.2 Å². The van der Waals surface area contributed by atoms with Crippen LogP contribution in [0.3, 0.4) is 0 Å². The van der Waals surface area contributed by atoms with E-state index in [1.165, 1.54) is 6.20 Å². The van der Waals surface area contributed by atoms with Crippen molar-refractivity contribution in [3.05, 3.63) is 17.6 Å². The second-order valence-electron chi connectivity index (χ2n) is 3.08. The lowest BCUT2D eigenvalue weighted by Crippen LogP contribution is -2.12. The first kappa shape index (κ1) is 11.0. The fourth-order valence-electron chi connectivity index (χ4n) is 0.843. The highest BCUT2D eigenvalue weighted by Crippen LogP contribution is 2.03. The van der Waals surface area contributed by atoms with Gasteiger partial charge in [-0.25, -0.2) is 9.97 Å². The fourth-order valence-corrected chi connectivity index (χ4v) is 0.843. The van der Waals surface area contributed by atoms with Gasteiger partial charge in [0.2, 0.25) is 0 Å². The lowest BCUT2D eigenvalue weighted by molar-refractivity contribution is 0.770. The van der Waals surface area contributed by atoms with Crippen molar-refractivity contribution in [2.75, 3.05) is 5.73 Å². The highest BCUT2D eigenvalue weighted by Gasteiger charge is 2.00. The maximum atomic E-state index is 8.66. The van der Waals surface area contributed by atoms with Crippen LogP contribution in [-0.2, 0) is 0 Å². The number of nitrogen functional groups attached to an aromatic ring is 1. The number of nitrogens with two attached hydrogens (primary N) is 2. The van der Waals surface area contributed by atoms with Gasteiger partial charge in [0, 0.05) is 12.5 Å². The second-order valence-corrected chi connectivity index (χ2v) is 3.08. The van der Waals surface area contributed by atoms with E-state index < -0.39 is 0 Å². The summed E-state index contributed by atoms with van der Waals surface area (Å²) in [6, 6.07) is 1.87. The summed E-state index contributed by atoms with van der Waals surface area (Å²) in [7, 11) is 0. The molecule has 1 aromatic heterocycles. The molecule has 0 bridgehead atoms. The molecule has 0 aliphatic carbocycles. The Hall–Kier alpha value is -2.11. The molecule has 1 heterocycles. The van der Waals surface area contributed by atoms with Gasteiger partial charge in [0.25, 0.3) is 0 Å². The largest absolute Gasteiger partial charge is 0.381 e. The van der Waals surface area contributed by atoms with Gasteiger partial charge < -0.3 is 11.5 Å². The van der Waals surface area contributed by atoms with E-state index in [1.807, 2.05) is 13.0 Å². The Morgan fingerprint density at radius 3 is 2.93 bits per heavy atom. The number of aromatic nitrogens is 2. The average Bonchev–Trinajstić information content (AvgIpc) is 2.20. The average molecular weight is 201 g/mol. The molecule has 0 aromatic carbocycles.